The molecule has 0 saturated heterocycles. The normalized spacial score (nSPS) is 10.5. The van der Waals surface area contributed by atoms with Gasteiger partial charge in [0.05, 0.1) is 13.2 Å². The van der Waals surface area contributed by atoms with Crippen molar-refractivity contribution in [3.8, 4) is 0 Å². The lowest BCUT2D eigenvalue weighted by Crippen LogP contribution is -2.30. The molecule has 0 spiro atoms. The molecule has 2 aromatic rings. The molecule has 166 valence electrons. The Labute approximate surface area is 185 Å². The molecule has 0 unspecified atom stereocenters. The summed E-state index contributed by atoms with van der Waals surface area (Å²) in [7, 11) is 0. The van der Waals surface area contributed by atoms with Crippen LogP contribution in [-0.2, 0) is 25.0 Å². The van der Waals surface area contributed by atoms with Crippen molar-refractivity contribution in [1.82, 2.24) is 19.9 Å². The summed E-state index contributed by atoms with van der Waals surface area (Å²) in [6.07, 6.45) is 5.62. The molecular formula is C16H16Br2F4N4O4. The number of carbonyl (C=O) groups is 2. The molecule has 0 aliphatic carbocycles. The SMILES string of the molecule is Brc1ncccn1.CCOC(=O)C(F)(F)Br.CCOC(=O)C(F)(F)c1ncccn1. The summed E-state index contributed by atoms with van der Waals surface area (Å²) in [6.45, 7) is 2.75. The van der Waals surface area contributed by atoms with Crippen molar-refractivity contribution < 1.29 is 36.6 Å². The first-order valence-electron chi connectivity index (χ1n) is 7.95. The van der Waals surface area contributed by atoms with E-state index in [4.69, 9.17) is 0 Å². The summed E-state index contributed by atoms with van der Waals surface area (Å²) in [5.74, 6) is -7.81. The fraction of sp³-hybridized carbons (Fsp3) is 0.375. The largest absolute Gasteiger partial charge is 0.461 e. The fourth-order valence-corrected chi connectivity index (χ4v) is 1.62. The highest BCUT2D eigenvalue weighted by Gasteiger charge is 2.45. The molecule has 2 heterocycles. The van der Waals surface area contributed by atoms with Gasteiger partial charge in [-0.25, -0.2) is 29.5 Å². The summed E-state index contributed by atoms with van der Waals surface area (Å²) in [5, 5.41) is 0. The maximum atomic E-state index is 13.1. The van der Waals surface area contributed by atoms with Crippen LogP contribution in [0.4, 0.5) is 17.6 Å². The first-order chi connectivity index (χ1) is 14.0. The molecule has 14 heteroatoms. The first kappa shape index (κ1) is 27.8. The zero-order valence-electron chi connectivity index (χ0n) is 15.6. The molecule has 0 aliphatic rings. The lowest BCUT2D eigenvalue weighted by molar-refractivity contribution is -0.174. The van der Waals surface area contributed by atoms with Crippen molar-refractivity contribution in [2.24, 2.45) is 0 Å². The monoisotopic (exact) mass is 562 g/mol. The van der Waals surface area contributed by atoms with Gasteiger partial charge in [0, 0.05) is 40.7 Å². The van der Waals surface area contributed by atoms with Gasteiger partial charge in [-0.15, -0.1) is 0 Å². The standard InChI is InChI=1S/C8H8F2N2O2.C4H5BrF2O2.C4H3BrN2/c1-2-14-7(13)8(9,10)6-11-4-3-5-12-6;1-2-9-3(8)4(5,6)7;5-4-6-2-1-3-7-4/h3-5H,2H2,1H3;2H2,1H3;1-3H. The molecule has 2 aromatic heterocycles. The van der Waals surface area contributed by atoms with Crippen LogP contribution in [0.25, 0.3) is 0 Å². The van der Waals surface area contributed by atoms with Crippen molar-refractivity contribution in [2.75, 3.05) is 13.2 Å². The van der Waals surface area contributed by atoms with E-state index in [-0.39, 0.29) is 13.2 Å². The van der Waals surface area contributed by atoms with E-state index in [1.807, 2.05) is 15.9 Å². The third-order valence-electron chi connectivity index (χ3n) is 2.42. The minimum Gasteiger partial charge on any atom is -0.461 e. The van der Waals surface area contributed by atoms with Crippen LogP contribution >= 0.6 is 31.9 Å². The van der Waals surface area contributed by atoms with Crippen LogP contribution < -0.4 is 0 Å². The second-order valence-electron chi connectivity index (χ2n) is 4.60. The number of ether oxygens (including phenoxy) is 2. The smallest absolute Gasteiger partial charge is 0.401 e. The molecule has 0 atom stereocenters. The lowest BCUT2D eigenvalue weighted by atomic mass is 10.3. The Bertz CT molecular complexity index is 769. The van der Waals surface area contributed by atoms with Crippen LogP contribution in [0.3, 0.4) is 0 Å². The molecular weight excluding hydrogens is 548 g/mol. The van der Waals surface area contributed by atoms with Crippen molar-refractivity contribution >= 4 is 43.8 Å². The average molecular weight is 564 g/mol. The van der Waals surface area contributed by atoms with Crippen LogP contribution in [0.2, 0.25) is 0 Å². The topological polar surface area (TPSA) is 104 Å². The number of hydrogen-bond donors (Lipinski definition) is 0. The van der Waals surface area contributed by atoms with E-state index in [2.05, 4.69) is 45.3 Å². The molecule has 0 amide bonds. The van der Waals surface area contributed by atoms with Crippen LogP contribution in [0, 0.1) is 0 Å². The predicted molar refractivity (Wildman–Crippen MR) is 103 cm³/mol. The number of halogens is 6. The van der Waals surface area contributed by atoms with Crippen molar-refractivity contribution in [2.45, 2.75) is 24.6 Å². The number of rotatable bonds is 5. The molecule has 0 saturated carbocycles. The molecule has 30 heavy (non-hydrogen) atoms. The predicted octanol–water partition coefficient (Wildman–Crippen LogP) is 3.91. The molecule has 8 nitrogen and oxygen atoms in total. The molecule has 2 rings (SSSR count). The molecule has 0 bridgehead atoms. The minimum absolute atomic E-state index is 0.0416. The zero-order chi connectivity index (χ0) is 23.2. The number of nitrogens with zero attached hydrogens (tertiary/aromatic N) is 4. The number of carbonyl (C=O) groups excluding carboxylic acids is 2. The summed E-state index contributed by atoms with van der Waals surface area (Å²) in [6, 6.07) is 3.15. The Morgan fingerprint density at radius 3 is 1.57 bits per heavy atom. The molecule has 0 aromatic carbocycles. The van der Waals surface area contributed by atoms with E-state index in [0.717, 1.165) is 12.4 Å². The van der Waals surface area contributed by atoms with Gasteiger partial charge in [-0.05, 0) is 41.9 Å². The fourth-order valence-electron chi connectivity index (χ4n) is 1.27. The number of alkyl halides is 5. The number of hydrogen-bond acceptors (Lipinski definition) is 8. The second-order valence-corrected chi connectivity index (χ2v) is 6.31. The van der Waals surface area contributed by atoms with Crippen LogP contribution in [-0.4, -0.2) is 49.9 Å². The zero-order valence-corrected chi connectivity index (χ0v) is 18.7. The molecule has 0 aliphatic heterocycles. The maximum absolute atomic E-state index is 13.1. The third-order valence-corrected chi connectivity index (χ3v) is 3.15. The van der Waals surface area contributed by atoms with E-state index >= 15 is 0 Å². The van der Waals surface area contributed by atoms with Gasteiger partial charge >= 0.3 is 22.7 Å². The number of esters is 2. The molecule has 0 radical (unpaired) electrons. The van der Waals surface area contributed by atoms with Gasteiger partial charge in [-0.3, -0.25) is 0 Å². The highest BCUT2D eigenvalue weighted by atomic mass is 79.9. The second kappa shape index (κ2) is 13.9. The van der Waals surface area contributed by atoms with E-state index in [1.165, 1.54) is 19.9 Å². The van der Waals surface area contributed by atoms with Crippen molar-refractivity contribution in [1.29, 1.82) is 0 Å². The summed E-state index contributed by atoms with van der Waals surface area (Å²) in [4.78, 5) is 31.5. The Balaban J connectivity index is 0.000000452. The number of aromatic nitrogens is 4. The van der Waals surface area contributed by atoms with Gasteiger partial charge in [-0.1, -0.05) is 0 Å². The summed E-state index contributed by atoms with van der Waals surface area (Å²) in [5.41, 5.74) is 0. The molecule has 0 N–H and O–H groups in total. The van der Waals surface area contributed by atoms with Gasteiger partial charge < -0.3 is 9.47 Å². The quantitative estimate of drug-likeness (QED) is 0.233. The van der Waals surface area contributed by atoms with Gasteiger partial charge in [0.1, 0.15) is 0 Å². The van der Waals surface area contributed by atoms with Gasteiger partial charge in [0.2, 0.25) is 5.82 Å². The summed E-state index contributed by atoms with van der Waals surface area (Å²) < 4.78 is 58.6. The van der Waals surface area contributed by atoms with Gasteiger partial charge in [0.25, 0.3) is 0 Å². The Hall–Kier alpha value is -2.22. The Kier molecular flexibility index (Phi) is 12.9. The Morgan fingerprint density at radius 1 is 0.867 bits per heavy atom. The minimum atomic E-state index is -3.78. The average Bonchev–Trinajstić information content (AvgIpc) is 2.70. The van der Waals surface area contributed by atoms with Crippen molar-refractivity contribution in [3.05, 3.63) is 47.5 Å². The van der Waals surface area contributed by atoms with E-state index in [0.29, 0.717) is 4.73 Å². The van der Waals surface area contributed by atoms with Crippen LogP contribution in [0.15, 0.2) is 41.7 Å². The summed E-state index contributed by atoms with van der Waals surface area (Å²) >= 11 is 4.93. The van der Waals surface area contributed by atoms with E-state index < -0.39 is 28.5 Å². The van der Waals surface area contributed by atoms with Crippen LogP contribution in [0.5, 0.6) is 0 Å². The van der Waals surface area contributed by atoms with E-state index in [9.17, 15) is 27.2 Å². The maximum Gasteiger partial charge on any atom is 0.401 e. The third kappa shape index (κ3) is 11.1. The molecule has 0 fully saturated rings. The lowest BCUT2D eigenvalue weighted by Gasteiger charge is -2.11. The van der Waals surface area contributed by atoms with E-state index in [1.54, 1.807) is 18.5 Å². The van der Waals surface area contributed by atoms with Gasteiger partial charge in [-0.2, -0.15) is 17.6 Å². The highest BCUT2D eigenvalue weighted by molar-refractivity contribution is 9.10. The van der Waals surface area contributed by atoms with Crippen molar-refractivity contribution in [3.63, 3.8) is 0 Å². The Morgan fingerprint density at radius 2 is 1.27 bits per heavy atom. The van der Waals surface area contributed by atoms with Gasteiger partial charge in [0.15, 0.2) is 4.73 Å². The highest BCUT2D eigenvalue weighted by Crippen LogP contribution is 2.25. The first-order valence-corrected chi connectivity index (χ1v) is 9.54. The van der Waals surface area contributed by atoms with Crippen LogP contribution in [0.1, 0.15) is 19.7 Å².